The summed E-state index contributed by atoms with van der Waals surface area (Å²) in [5, 5.41) is 28.4. The molecule has 0 aromatic heterocycles. The van der Waals surface area contributed by atoms with Gasteiger partial charge in [-0.05, 0) is 12.1 Å². The lowest BCUT2D eigenvalue weighted by atomic mass is 10.1. The van der Waals surface area contributed by atoms with Gasteiger partial charge in [0.1, 0.15) is 0 Å². The van der Waals surface area contributed by atoms with E-state index in [1.807, 2.05) is 0 Å². The van der Waals surface area contributed by atoms with Gasteiger partial charge in [-0.15, -0.1) is 0 Å². The SMILES string of the molecule is O=C(O)c1ccccc1C(=O)NC[C@H](O)C(=O)O. The Hall–Kier alpha value is -2.41. The van der Waals surface area contributed by atoms with E-state index in [4.69, 9.17) is 15.3 Å². The molecule has 96 valence electrons. The van der Waals surface area contributed by atoms with Crippen LogP contribution in [0, 0.1) is 0 Å². The minimum atomic E-state index is -1.73. The van der Waals surface area contributed by atoms with Gasteiger partial charge in [-0.2, -0.15) is 0 Å². The van der Waals surface area contributed by atoms with Crippen LogP contribution in [0.2, 0.25) is 0 Å². The third kappa shape index (κ3) is 3.29. The van der Waals surface area contributed by atoms with Crippen molar-refractivity contribution in [2.75, 3.05) is 6.54 Å². The number of rotatable bonds is 5. The molecule has 0 radical (unpaired) electrons. The number of aliphatic hydroxyl groups excluding tert-OH is 1. The number of aliphatic carboxylic acids is 1. The van der Waals surface area contributed by atoms with E-state index in [1.54, 1.807) is 0 Å². The summed E-state index contributed by atoms with van der Waals surface area (Å²) in [6.07, 6.45) is -1.73. The van der Waals surface area contributed by atoms with Crippen LogP contribution in [-0.4, -0.2) is 45.8 Å². The molecule has 0 fully saturated rings. The first-order valence-corrected chi connectivity index (χ1v) is 4.95. The first-order valence-electron chi connectivity index (χ1n) is 4.95. The zero-order chi connectivity index (χ0) is 13.7. The molecule has 1 atom stereocenters. The number of nitrogens with one attached hydrogen (secondary N) is 1. The monoisotopic (exact) mass is 253 g/mol. The highest BCUT2D eigenvalue weighted by Gasteiger charge is 2.18. The van der Waals surface area contributed by atoms with Crippen LogP contribution in [0.25, 0.3) is 0 Å². The number of carboxylic acid groups (broad SMARTS) is 2. The van der Waals surface area contributed by atoms with Crippen molar-refractivity contribution in [3.8, 4) is 0 Å². The molecule has 0 unspecified atom stereocenters. The molecule has 4 N–H and O–H groups in total. The molecule has 18 heavy (non-hydrogen) atoms. The molecule has 1 amide bonds. The second kappa shape index (κ2) is 5.78. The second-order valence-electron chi connectivity index (χ2n) is 3.41. The Labute approximate surface area is 102 Å². The third-order valence-electron chi connectivity index (χ3n) is 2.14. The van der Waals surface area contributed by atoms with Gasteiger partial charge in [0.05, 0.1) is 17.7 Å². The van der Waals surface area contributed by atoms with Crippen molar-refractivity contribution in [2.24, 2.45) is 0 Å². The van der Waals surface area contributed by atoms with Gasteiger partial charge in [0.2, 0.25) is 0 Å². The molecule has 0 bridgehead atoms. The maximum Gasteiger partial charge on any atom is 0.336 e. The minimum absolute atomic E-state index is 0.0948. The highest BCUT2D eigenvalue weighted by atomic mass is 16.4. The Bertz CT molecular complexity index is 484. The van der Waals surface area contributed by atoms with Crippen LogP contribution in [0.3, 0.4) is 0 Å². The number of carboxylic acids is 2. The van der Waals surface area contributed by atoms with Crippen molar-refractivity contribution in [3.63, 3.8) is 0 Å². The Balaban J connectivity index is 2.79. The highest BCUT2D eigenvalue weighted by Crippen LogP contribution is 2.08. The first kappa shape index (κ1) is 13.7. The first-order chi connectivity index (χ1) is 8.43. The van der Waals surface area contributed by atoms with Gasteiger partial charge in [-0.25, -0.2) is 9.59 Å². The number of aliphatic hydroxyl groups is 1. The number of benzene rings is 1. The standard InChI is InChI=1S/C11H11NO6/c13-8(11(17)18)5-12-9(14)6-3-1-2-4-7(6)10(15)16/h1-4,8,13H,5H2,(H,12,14)(H,15,16)(H,17,18)/t8-/m0/s1. The van der Waals surface area contributed by atoms with E-state index in [0.29, 0.717) is 0 Å². The predicted octanol–water partition coefficient (Wildman–Crippen LogP) is -0.440. The average Bonchev–Trinajstić information content (AvgIpc) is 2.35. The van der Waals surface area contributed by atoms with Crippen molar-refractivity contribution < 1.29 is 29.7 Å². The zero-order valence-corrected chi connectivity index (χ0v) is 9.16. The molecule has 0 spiro atoms. The van der Waals surface area contributed by atoms with E-state index in [0.717, 1.165) is 0 Å². The van der Waals surface area contributed by atoms with E-state index < -0.39 is 30.5 Å². The van der Waals surface area contributed by atoms with E-state index >= 15 is 0 Å². The van der Waals surface area contributed by atoms with Crippen LogP contribution < -0.4 is 5.32 Å². The average molecular weight is 253 g/mol. The number of hydrogen-bond donors (Lipinski definition) is 4. The van der Waals surface area contributed by atoms with Gasteiger partial charge < -0.3 is 20.6 Å². The highest BCUT2D eigenvalue weighted by molar-refractivity contribution is 6.04. The molecule has 0 heterocycles. The molecule has 1 rings (SSSR count). The molecule has 0 aliphatic heterocycles. The smallest absolute Gasteiger partial charge is 0.336 e. The number of carbonyl (C=O) groups excluding carboxylic acids is 1. The summed E-state index contributed by atoms with van der Waals surface area (Å²) in [5.41, 5.74) is -0.289. The zero-order valence-electron chi connectivity index (χ0n) is 9.16. The topological polar surface area (TPSA) is 124 Å². The molecule has 7 nitrogen and oxygen atoms in total. The van der Waals surface area contributed by atoms with Crippen molar-refractivity contribution in [1.82, 2.24) is 5.32 Å². The third-order valence-corrected chi connectivity index (χ3v) is 2.14. The molecule has 0 aliphatic carbocycles. The summed E-state index contributed by atoms with van der Waals surface area (Å²) in [6.45, 7) is -0.498. The summed E-state index contributed by atoms with van der Waals surface area (Å²) >= 11 is 0. The van der Waals surface area contributed by atoms with Gasteiger partial charge in [0, 0.05) is 0 Å². The van der Waals surface area contributed by atoms with E-state index in [1.165, 1.54) is 24.3 Å². The fraction of sp³-hybridized carbons (Fsp3) is 0.182. The van der Waals surface area contributed by atoms with Crippen LogP contribution in [0.1, 0.15) is 20.7 Å². The summed E-state index contributed by atoms with van der Waals surface area (Å²) < 4.78 is 0. The fourth-order valence-electron chi connectivity index (χ4n) is 1.24. The molecule has 0 saturated carbocycles. The maximum absolute atomic E-state index is 11.6. The second-order valence-corrected chi connectivity index (χ2v) is 3.41. The van der Waals surface area contributed by atoms with Crippen LogP contribution in [0.4, 0.5) is 0 Å². The molecule has 1 aromatic carbocycles. The van der Waals surface area contributed by atoms with Gasteiger partial charge in [0.25, 0.3) is 5.91 Å². The lowest BCUT2D eigenvalue weighted by Crippen LogP contribution is -2.37. The van der Waals surface area contributed by atoms with Crippen LogP contribution >= 0.6 is 0 Å². The van der Waals surface area contributed by atoms with Crippen LogP contribution in [0.15, 0.2) is 24.3 Å². The van der Waals surface area contributed by atoms with Gasteiger partial charge in [-0.1, -0.05) is 12.1 Å². The molecular formula is C11H11NO6. The number of hydrogen-bond acceptors (Lipinski definition) is 4. The van der Waals surface area contributed by atoms with Gasteiger partial charge in [-0.3, -0.25) is 4.79 Å². The normalized spacial score (nSPS) is 11.6. The quantitative estimate of drug-likeness (QED) is 0.564. The van der Waals surface area contributed by atoms with Crippen molar-refractivity contribution in [3.05, 3.63) is 35.4 Å². The van der Waals surface area contributed by atoms with Crippen LogP contribution in [0.5, 0.6) is 0 Å². The Kier molecular flexibility index (Phi) is 4.39. The van der Waals surface area contributed by atoms with E-state index in [-0.39, 0.29) is 11.1 Å². The number of aromatic carboxylic acids is 1. The number of amides is 1. The van der Waals surface area contributed by atoms with Crippen molar-refractivity contribution in [2.45, 2.75) is 6.10 Å². The molecule has 7 heteroatoms. The molecule has 0 saturated heterocycles. The molecule has 1 aromatic rings. The van der Waals surface area contributed by atoms with Crippen LogP contribution in [-0.2, 0) is 4.79 Å². The molecule has 0 aliphatic rings. The summed E-state index contributed by atoms with van der Waals surface area (Å²) in [7, 11) is 0. The van der Waals surface area contributed by atoms with Crippen molar-refractivity contribution in [1.29, 1.82) is 0 Å². The van der Waals surface area contributed by atoms with Crippen molar-refractivity contribution >= 4 is 17.8 Å². The number of carbonyl (C=O) groups is 3. The predicted molar refractivity (Wildman–Crippen MR) is 59.4 cm³/mol. The maximum atomic E-state index is 11.6. The van der Waals surface area contributed by atoms with Gasteiger partial charge >= 0.3 is 11.9 Å². The Morgan fingerprint density at radius 2 is 1.67 bits per heavy atom. The van der Waals surface area contributed by atoms with Gasteiger partial charge in [0.15, 0.2) is 6.10 Å². The largest absolute Gasteiger partial charge is 0.479 e. The summed E-state index contributed by atoms with van der Waals surface area (Å²) in [5.74, 6) is -3.49. The lowest BCUT2D eigenvalue weighted by molar-refractivity contribution is -0.146. The summed E-state index contributed by atoms with van der Waals surface area (Å²) in [6, 6.07) is 5.50. The van der Waals surface area contributed by atoms with E-state index in [2.05, 4.69) is 5.32 Å². The minimum Gasteiger partial charge on any atom is -0.479 e. The molecular weight excluding hydrogens is 242 g/mol. The fourth-order valence-corrected chi connectivity index (χ4v) is 1.24. The lowest BCUT2D eigenvalue weighted by Gasteiger charge is -2.09. The van der Waals surface area contributed by atoms with E-state index in [9.17, 15) is 14.4 Å². The summed E-state index contributed by atoms with van der Waals surface area (Å²) in [4.78, 5) is 32.8. The Morgan fingerprint density at radius 3 is 2.17 bits per heavy atom. The Morgan fingerprint density at radius 1 is 1.11 bits per heavy atom.